The molecule has 17 heavy (non-hydrogen) atoms. The van der Waals surface area contributed by atoms with Gasteiger partial charge in [0.1, 0.15) is 0 Å². The van der Waals surface area contributed by atoms with Crippen molar-refractivity contribution < 1.29 is 19.7 Å². The second-order valence-electron chi connectivity index (χ2n) is 3.87. The molecule has 1 rings (SSSR count). The smallest absolute Gasteiger partial charge is 0.337 e. The Bertz CT molecular complexity index is 407. The minimum absolute atomic E-state index is 0.108. The zero-order valence-electron chi connectivity index (χ0n) is 10.1. The second-order valence-corrected chi connectivity index (χ2v) is 3.87. The minimum atomic E-state index is -0.507. The molecule has 1 aromatic carbocycles. The Morgan fingerprint density at radius 3 is 2.29 bits per heavy atom. The van der Waals surface area contributed by atoms with Crippen LogP contribution in [0.1, 0.15) is 26.3 Å². The normalized spacial score (nSPS) is 12.1. The summed E-state index contributed by atoms with van der Waals surface area (Å²) in [5.41, 5.74) is 0.848. The molecular weight excluding hydrogens is 220 g/mol. The van der Waals surface area contributed by atoms with Gasteiger partial charge in [0.2, 0.25) is 0 Å². The fourth-order valence-corrected chi connectivity index (χ4v) is 1.32. The maximum atomic E-state index is 11.7. The molecule has 0 amide bonds. The third-order valence-electron chi connectivity index (χ3n) is 2.12. The van der Waals surface area contributed by atoms with E-state index in [0.29, 0.717) is 5.56 Å². The quantitative estimate of drug-likeness (QED) is 0.287. The summed E-state index contributed by atoms with van der Waals surface area (Å²) in [6.07, 6.45) is -0.215. The third-order valence-corrected chi connectivity index (χ3v) is 2.12. The monoisotopic (exact) mass is 236 g/mol. The molecule has 0 aliphatic heterocycles. The first kappa shape index (κ1) is 13.3. The predicted molar refractivity (Wildman–Crippen MR) is 64.0 cm³/mol. The summed E-state index contributed by atoms with van der Waals surface area (Å²) in [6, 6.07) is 8.88. The van der Waals surface area contributed by atoms with Crippen LogP contribution < -0.4 is 0 Å². The Labute approximate surface area is 100 Å². The SMILES string of the molecule is CC(C(=O)OC(C)C)=C(OO)c1ccccc1. The summed E-state index contributed by atoms with van der Waals surface area (Å²) in [5, 5.41) is 8.87. The van der Waals surface area contributed by atoms with Gasteiger partial charge in [-0.1, -0.05) is 30.3 Å². The van der Waals surface area contributed by atoms with Crippen molar-refractivity contribution in [3.05, 3.63) is 41.5 Å². The third kappa shape index (κ3) is 3.60. The van der Waals surface area contributed by atoms with Crippen LogP contribution in [0.4, 0.5) is 0 Å². The fraction of sp³-hybridized carbons (Fsp3) is 0.308. The Kier molecular flexibility index (Phi) is 4.72. The molecule has 92 valence electrons. The van der Waals surface area contributed by atoms with E-state index < -0.39 is 5.97 Å². The average molecular weight is 236 g/mol. The highest BCUT2D eigenvalue weighted by Gasteiger charge is 2.16. The first-order chi connectivity index (χ1) is 8.06. The summed E-state index contributed by atoms with van der Waals surface area (Å²) in [6.45, 7) is 5.06. The molecule has 0 atom stereocenters. The number of rotatable bonds is 4. The van der Waals surface area contributed by atoms with Crippen molar-refractivity contribution in [2.75, 3.05) is 0 Å². The second kappa shape index (κ2) is 6.06. The molecular formula is C13H16O4. The first-order valence-corrected chi connectivity index (χ1v) is 5.35. The van der Waals surface area contributed by atoms with Crippen molar-refractivity contribution in [1.29, 1.82) is 0 Å². The van der Waals surface area contributed by atoms with Crippen molar-refractivity contribution >= 4 is 11.7 Å². The van der Waals surface area contributed by atoms with Gasteiger partial charge in [-0.3, -0.25) is 0 Å². The number of ether oxygens (including phenoxy) is 1. The van der Waals surface area contributed by atoms with Gasteiger partial charge in [0, 0.05) is 5.56 Å². The van der Waals surface area contributed by atoms with E-state index in [-0.39, 0.29) is 17.4 Å². The highest BCUT2D eigenvalue weighted by atomic mass is 17.1. The predicted octanol–water partition coefficient (Wildman–Crippen LogP) is 2.86. The zero-order chi connectivity index (χ0) is 12.8. The fourth-order valence-electron chi connectivity index (χ4n) is 1.32. The van der Waals surface area contributed by atoms with Crippen LogP contribution in [0.15, 0.2) is 35.9 Å². The van der Waals surface area contributed by atoms with Crippen LogP contribution in [-0.2, 0) is 14.4 Å². The maximum absolute atomic E-state index is 11.7. The van der Waals surface area contributed by atoms with Crippen LogP contribution in [0.5, 0.6) is 0 Å². The molecule has 0 aliphatic carbocycles. The Balaban J connectivity index is 3.03. The topological polar surface area (TPSA) is 55.8 Å². The molecule has 0 radical (unpaired) electrons. The van der Waals surface area contributed by atoms with E-state index >= 15 is 0 Å². The molecule has 0 aromatic heterocycles. The lowest BCUT2D eigenvalue weighted by atomic mass is 10.1. The summed E-state index contributed by atoms with van der Waals surface area (Å²) in [4.78, 5) is 15.9. The van der Waals surface area contributed by atoms with Crippen molar-refractivity contribution in [1.82, 2.24) is 0 Å². The highest BCUT2D eigenvalue weighted by Crippen LogP contribution is 2.20. The Hall–Kier alpha value is -1.81. The van der Waals surface area contributed by atoms with Gasteiger partial charge in [-0.25, -0.2) is 10.1 Å². The molecule has 0 fully saturated rings. The largest absolute Gasteiger partial charge is 0.460 e. The van der Waals surface area contributed by atoms with Crippen molar-refractivity contribution in [3.8, 4) is 0 Å². The molecule has 1 N–H and O–H groups in total. The number of esters is 1. The molecule has 0 unspecified atom stereocenters. The highest BCUT2D eigenvalue weighted by molar-refractivity contribution is 5.95. The van der Waals surface area contributed by atoms with Crippen LogP contribution >= 0.6 is 0 Å². The molecule has 0 heterocycles. The van der Waals surface area contributed by atoms with Crippen molar-refractivity contribution in [2.45, 2.75) is 26.9 Å². The van der Waals surface area contributed by atoms with E-state index in [1.54, 1.807) is 45.0 Å². The van der Waals surface area contributed by atoms with Crippen molar-refractivity contribution in [2.24, 2.45) is 0 Å². The van der Waals surface area contributed by atoms with Gasteiger partial charge in [0.05, 0.1) is 11.7 Å². The van der Waals surface area contributed by atoms with E-state index in [1.165, 1.54) is 0 Å². The van der Waals surface area contributed by atoms with E-state index in [0.717, 1.165) is 0 Å². The molecule has 0 bridgehead atoms. The van der Waals surface area contributed by atoms with Gasteiger partial charge in [0.25, 0.3) is 0 Å². The van der Waals surface area contributed by atoms with E-state index in [9.17, 15) is 4.79 Å². The van der Waals surface area contributed by atoms with Gasteiger partial charge >= 0.3 is 5.97 Å². The molecule has 0 saturated carbocycles. The molecule has 4 heteroatoms. The van der Waals surface area contributed by atoms with Gasteiger partial charge in [-0.2, -0.15) is 0 Å². The summed E-state index contributed by atoms with van der Waals surface area (Å²) >= 11 is 0. The van der Waals surface area contributed by atoms with Gasteiger partial charge in [-0.15, -0.1) is 0 Å². The van der Waals surface area contributed by atoms with Crippen molar-refractivity contribution in [3.63, 3.8) is 0 Å². The average Bonchev–Trinajstić information content (AvgIpc) is 2.30. The molecule has 0 spiro atoms. The van der Waals surface area contributed by atoms with E-state index in [2.05, 4.69) is 4.89 Å². The molecule has 0 aliphatic rings. The first-order valence-electron chi connectivity index (χ1n) is 5.35. The standard InChI is InChI=1S/C13H16O4/c1-9(2)16-13(14)10(3)12(17-15)11-7-5-4-6-8-11/h4-9,15H,1-3H3. The van der Waals surface area contributed by atoms with Gasteiger partial charge in [0.15, 0.2) is 5.76 Å². The van der Waals surface area contributed by atoms with Gasteiger partial charge < -0.3 is 9.62 Å². The minimum Gasteiger partial charge on any atom is -0.460 e. The maximum Gasteiger partial charge on any atom is 0.337 e. The van der Waals surface area contributed by atoms with Crippen LogP contribution in [0.3, 0.4) is 0 Å². The Morgan fingerprint density at radius 1 is 1.24 bits per heavy atom. The number of hydrogen-bond donors (Lipinski definition) is 1. The Morgan fingerprint density at radius 2 is 1.82 bits per heavy atom. The molecule has 0 saturated heterocycles. The lowest BCUT2D eigenvalue weighted by molar-refractivity contribution is -0.172. The molecule has 4 nitrogen and oxygen atoms in total. The number of benzene rings is 1. The summed E-state index contributed by atoms with van der Waals surface area (Å²) in [5.74, 6) is -0.399. The zero-order valence-corrected chi connectivity index (χ0v) is 10.1. The van der Waals surface area contributed by atoms with E-state index in [1.807, 2.05) is 6.07 Å². The van der Waals surface area contributed by atoms with Crippen LogP contribution in [0.25, 0.3) is 5.76 Å². The summed E-state index contributed by atoms with van der Waals surface area (Å²) < 4.78 is 5.03. The lowest BCUT2D eigenvalue weighted by Gasteiger charge is -2.11. The van der Waals surface area contributed by atoms with Crippen LogP contribution in [0.2, 0.25) is 0 Å². The van der Waals surface area contributed by atoms with Gasteiger partial charge in [-0.05, 0) is 20.8 Å². The summed E-state index contributed by atoms with van der Waals surface area (Å²) in [7, 11) is 0. The van der Waals surface area contributed by atoms with Crippen LogP contribution in [-0.4, -0.2) is 17.3 Å². The van der Waals surface area contributed by atoms with E-state index in [4.69, 9.17) is 9.99 Å². The number of carbonyl (C=O) groups is 1. The van der Waals surface area contributed by atoms with Crippen LogP contribution in [0, 0.1) is 0 Å². The molecule has 1 aromatic rings. The number of hydrogen-bond acceptors (Lipinski definition) is 4. The number of carbonyl (C=O) groups excluding carboxylic acids is 1. The lowest BCUT2D eigenvalue weighted by Crippen LogP contribution is -2.14.